The normalized spacial score (nSPS) is 12.9. The molecule has 2 rings (SSSR count). The van der Waals surface area contributed by atoms with E-state index >= 15 is 0 Å². The van der Waals surface area contributed by atoms with Crippen molar-refractivity contribution in [1.82, 2.24) is 9.97 Å². The highest BCUT2D eigenvalue weighted by atomic mass is 79.9. The van der Waals surface area contributed by atoms with Crippen molar-refractivity contribution in [2.75, 3.05) is 0 Å². The number of hydrogen-bond donors (Lipinski definition) is 2. The maximum atomic E-state index is 13.0. The quantitative estimate of drug-likeness (QED) is 0.548. The summed E-state index contributed by atoms with van der Waals surface area (Å²) in [5.74, 6) is 0. The van der Waals surface area contributed by atoms with Crippen molar-refractivity contribution in [1.29, 1.82) is 0 Å². The predicted molar refractivity (Wildman–Crippen MR) is 62.9 cm³/mol. The van der Waals surface area contributed by atoms with Gasteiger partial charge in [-0.3, -0.25) is 9.59 Å². The number of aromatic amines is 2. The Hall–Kier alpha value is -1.78. The topological polar surface area (TPSA) is 65.7 Å². The summed E-state index contributed by atoms with van der Waals surface area (Å²) >= 11 is 2.26. The van der Waals surface area contributed by atoms with Gasteiger partial charge in [-0.2, -0.15) is 26.3 Å². The minimum absolute atomic E-state index is 0.312. The number of alkyl halides is 6. The van der Waals surface area contributed by atoms with Gasteiger partial charge in [0.1, 0.15) is 0 Å². The van der Waals surface area contributed by atoms with Crippen LogP contribution in [0.1, 0.15) is 11.1 Å². The maximum absolute atomic E-state index is 13.0. The summed E-state index contributed by atoms with van der Waals surface area (Å²) in [6.45, 7) is 0. The average Bonchev–Trinajstić information content (AvgIpc) is 2.27. The van der Waals surface area contributed by atoms with Gasteiger partial charge in [0.25, 0.3) is 0 Å². The molecule has 21 heavy (non-hydrogen) atoms. The molecule has 0 saturated carbocycles. The van der Waals surface area contributed by atoms with Crippen molar-refractivity contribution in [3.8, 4) is 0 Å². The van der Waals surface area contributed by atoms with E-state index in [1.54, 1.807) is 9.97 Å². The Kier molecular flexibility index (Phi) is 3.43. The van der Waals surface area contributed by atoms with Crippen LogP contribution in [0.25, 0.3) is 11.0 Å². The van der Waals surface area contributed by atoms with Crippen LogP contribution in [0.3, 0.4) is 0 Å². The summed E-state index contributed by atoms with van der Waals surface area (Å²) in [5, 5.41) is 0. The molecule has 1 aromatic carbocycles. The summed E-state index contributed by atoms with van der Waals surface area (Å²) in [6.07, 6.45) is -10.3. The average molecular weight is 377 g/mol. The number of rotatable bonds is 0. The highest BCUT2D eigenvalue weighted by Crippen LogP contribution is 2.44. The summed E-state index contributed by atoms with van der Waals surface area (Å²) in [5.41, 5.74) is -7.81. The second-order valence-corrected chi connectivity index (χ2v) is 4.73. The highest BCUT2D eigenvalue weighted by Gasteiger charge is 2.42. The molecular formula is C10H3BrF6N2O2. The molecule has 0 aliphatic carbocycles. The molecule has 1 aromatic heterocycles. The summed E-state index contributed by atoms with van der Waals surface area (Å²) in [4.78, 5) is 25.5. The van der Waals surface area contributed by atoms with Crippen molar-refractivity contribution in [2.24, 2.45) is 0 Å². The summed E-state index contributed by atoms with van der Waals surface area (Å²) in [6, 6.07) is 0.312. The van der Waals surface area contributed by atoms with E-state index in [0.29, 0.717) is 6.07 Å². The van der Waals surface area contributed by atoms with Gasteiger partial charge in [-0.1, -0.05) is 0 Å². The van der Waals surface area contributed by atoms with Crippen LogP contribution in [0.5, 0.6) is 0 Å². The number of nitrogens with one attached hydrogen (secondary N) is 2. The second kappa shape index (κ2) is 4.61. The Bertz CT molecular complexity index is 833. The first-order valence-corrected chi connectivity index (χ1v) is 5.85. The number of H-pyrrole nitrogens is 2. The molecule has 0 fully saturated rings. The standard InChI is InChI=1S/C10H3BrF6N2O2/c11-5-2(9(12,13)14)1-3-6(4(5)10(15,16)17)19-8(21)7(20)18-3/h1H,(H,18,20)(H,19,21). The van der Waals surface area contributed by atoms with Crippen LogP contribution in [-0.4, -0.2) is 9.97 Å². The highest BCUT2D eigenvalue weighted by molar-refractivity contribution is 9.10. The fraction of sp³-hybridized carbons (Fsp3) is 0.200. The first kappa shape index (κ1) is 15.6. The zero-order valence-corrected chi connectivity index (χ0v) is 11.1. The number of halogens is 7. The van der Waals surface area contributed by atoms with Gasteiger partial charge in [0.15, 0.2) is 0 Å². The lowest BCUT2D eigenvalue weighted by Crippen LogP contribution is -2.30. The van der Waals surface area contributed by atoms with Gasteiger partial charge in [-0.05, 0) is 22.0 Å². The van der Waals surface area contributed by atoms with Crippen LogP contribution >= 0.6 is 15.9 Å². The van der Waals surface area contributed by atoms with Crippen molar-refractivity contribution >= 4 is 27.0 Å². The van der Waals surface area contributed by atoms with Crippen LogP contribution in [0, 0.1) is 0 Å². The first-order chi connectivity index (χ1) is 9.43. The Labute approximate surface area is 118 Å². The molecule has 0 atom stereocenters. The van der Waals surface area contributed by atoms with Crippen molar-refractivity contribution in [3.05, 3.63) is 42.4 Å². The van der Waals surface area contributed by atoms with Crippen LogP contribution < -0.4 is 11.1 Å². The van der Waals surface area contributed by atoms with Crippen molar-refractivity contribution in [2.45, 2.75) is 12.4 Å². The van der Waals surface area contributed by atoms with Crippen LogP contribution in [0.2, 0.25) is 0 Å². The van der Waals surface area contributed by atoms with Crippen molar-refractivity contribution in [3.63, 3.8) is 0 Å². The number of aromatic nitrogens is 2. The fourth-order valence-electron chi connectivity index (χ4n) is 1.71. The third-order valence-electron chi connectivity index (χ3n) is 2.55. The van der Waals surface area contributed by atoms with E-state index in [-0.39, 0.29) is 0 Å². The molecule has 1 heterocycles. The zero-order valence-electron chi connectivity index (χ0n) is 9.54. The van der Waals surface area contributed by atoms with E-state index in [2.05, 4.69) is 15.9 Å². The van der Waals surface area contributed by atoms with Crippen LogP contribution in [0.4, 0.5) is 26.3 Å². The molecule has 0 unspecified atom stereocenters. The summed E-state index contributed by atoms with van der Waals surface area (Å²) < 4.78 is 75.9. The Morgan fingerprint density at radius 2 is 1.43 bits per heavy atom. The van der Waals surface area contributed by atoms with Crippen LogP contribution in [0.15, 0.2) is 20.1 Å². The van der Waals surface area contributed by atoms with Gasteiger partial charge < -0.3 is 9.97 Å². The molecule has 2 N–H and O–H groups in total. The van der Waals surface area contributed by atoms with E-state index in [0.717, 1.165) is 0 Å². The third-order valence-corrected chi connectivity index (χ3v) is 3.37. The van der Waals surface area contributed by atoms with Gasteiger partial charge in [0, 0.05) is 4.47 Å². The third kappa shape index (κ3) is 2.69. The lowest BCUT2D eigenvalue weighted by Gasteiger charge is -2.17. The molecule has 11 heteroatoms. The smallest absolute Gasteiger partial charge is 0.316 e. The van der Waals surface area contributed by atoms with Gasteiger partial charge in [0.2, 0.25) is 0 Å². The van der Waals surface area contributed by atoms with Gasteiger partial charge in [-0.25, -0.2) is 0 Å². The molecular weight excluding hydrogens is 374 g/mol. The van der Waals surface area contributed by atoms with E-state index in [1.165, 1.54) is 0 Å². The van der Waals surface area contributed by atoms with E-state index in [4.69, 9.17) is 0 Å². The van der Waals surface area contributed by atoms with Crippen LogP contribution in [-0.2, 0) is 12.4 Å². The second-order valence-electron chi connectivity index (χ2n) is 3.94. The van der Waals surface area contributed by atoms with Gasteiger partial charge in [-0.15, -0.1) is 0 Å². The first-order valence-electron chi connectivity index (χ1n) is 5.06. The van der Waals surface area contributed by atoms with Crippen molar-refractivity contribution < 1.29 is 26.3 Å². The van der Waals surface area contributed by atoms with E-state index in [9.17, 15) is 35.9 Å². The lowest BCUT2D eigenvalue weighted by molar-refractivity contribution is -0.143. The monoisotopic (exact) mass is 376 g/mol. The Balaban J connectivity index is 3.08. The summed E-state index contributed by atoms with van der Waals surface area (Å²) in [7, 11) is 0. The van der Waals surface area contributed by atoms with E-state index < -0.39 is 50.1 Å². The lowest BCUT2D eigenvalue weighted by atomic mass is 10.1. The van der Waals surface area contributed by atoms with Gasteiger partial charge >= 0.3 is 23.5 Å². The minimum Gasteiger partial charge on any atom is -0.316 e. The predicted octanol–water partition coefficient (Wildman–Crippen LogP) is 3.02. The SMILES string of the molecule is O=c1[nH]c2cc(C(F)(F)F)c(Br)c(C(F)(F)F)c2[nH]c1=O. The zero-order chi connectivity index (χ0) is 16.2. The number of fused-ring (bicyclic) bond motifs is 1. The molecule has 4 nitrogen and oxygen atoms in total. The molecule has 2 aromatic rings. The molecule has 114 valence electrons. The molecule has 0 amide bonds. The molecule has 0 aliphatic rings. The van der Waals surface area contributed by atoms with E-state index in [1.807, 2.05) is 0 Å². The molecule has 0 bridgehead atoms. The minimum atomic E-state index is -5.18. The fourth-order valence-corrected chi connectivity index (χ4v) is 2.47. The number of benzene rings is 1. The number of hydrogen-bond acceptors (Lipinski definition) is 2. The van der Waals surface area contributed by atoms with Gasteiger partial charge in [0.05, 0.1) is 22.2 Å². The molecule has 0 saturated heterocycles. The maximum Gasteiger partial charge on any atom is 0.419 e. The molecule has 0 radical (unpaired) electrons. The Morgan fingerprint density at radius 1 is 0.905 bits per heavy atom. The molecule has 0 aliphatic heterocycles. The molecule has 0 spiro atoms. The Morgan fingerprint density at radius 3 is 1.90 bits per heavy atom. The largest absolute Gasteiger partial charge is 0.419 e.